The van der Waals surface area contributed by atoms with Crippen molar-refractivity contribution in [2.24, 2.45) is 0 Å². The van der Waals surface area contributed by atoms with Gasteiger partial charge in [-0.05, 0) is 46.9 Å². The second-order valence-corrected chi connectivity index (χ2v) is 7.48. The van der Waals surface area contributed by atoms with Gasteiger partial charge in [-0.15, -0.1) is 0 Å². The topological polar surface area (TPSA) is 46.6 Å². The molecule has 24 heavy (non-hydrogen) atoms. The summed E-state index contributed by atoms with van der Waals surface area (Å²) in [4.78, 5) is 26.6. The molecule has 0 N–H and O–H groups in total. The average molecular weight is 433 g/mol. The quantitative estimate of drug-likeness (QED) is 0.510. The molecule has 0 saturated carbocycles. The molecule has 1 fully saturated rings. The smallest absolute Gasteiger partial charge is 0.339 e. The molecular weight excluding hydrogens is 417 g/mol. The fourth-order valence-electron chi connectivity index (χ4n) is 3.59. The van der Waals surface area contributed by atoms with Crippen LogP contribution in [0, 0.1) is 3.57 Å². The molecule has 0 unspecified atom stereocenters. The van der Waals surface area contributed by atoms with Gasteiger partial charge in [0.05, 0.1) is 5.56 Å². The van der Waals surface area contributed by atoms with E-state index in [0.29, 0.717) is 37.1 Å². The highest BCUT2D eigenvalue weighted by atomic mass is 127. The molecule has 0 bridgehead atoms. The third kappa shape index (κ3) is 2.51. The van der Waals surface area contributed by atoms with Crippen molar-refractivity contribution in [3.63, 3.8) is 0 Å². The van der Waals surface area contributed by atoms with Gasteiger partial charge in [-0.1, -0.05) is 24.3 Å². The van der Waals surface area contributed by atoms with Crippen molar-refractivity contribution in [1.82, 2.24) is 4.90 Å². The van der Waals surface area contributed by atoms with Crippen molar-refractivity contribution in [3.05, 3.63) is 68.8 Å². The van der Waals surface area contributed by atoms with E-state index in [0.717, 1.165) is 9.13 Å². The summed E-state index contributed by atoms with van der Waals surface area (Å²) in [6, 6.07) is 15.2. The Kier molecular flexibility index (Phi) is 3.83. The Morgan fingerprint density at radius 1 is 1.08 bits per heavy atom. The first-order valence-corrected chi connectivity index (χ1v) is 9.05. The Morgan fingerprint density at radius 3 is 2.58 bits per heavy atom. The number of carbonyl (C=O) groups excluding carboxylic acids is 2. The van der Waals surface area contributed by atoms with Crippen LogP contribution >= 0.6 is 22.6 Å². The lowest BCUT2D eigenvalue weighted by atomic mass is 9.83. The number of esters is 1. The summed E-state index contributed by atoms with van der Waals surface area (Å²) in [5.41, 5.74) is 1.78. The van der Waals surface area contributed by atoms with E-state index in [2.05, 4.69) is 22.6 Å². The minimum atomic E-state index is -0.560. The second-order valence-electron chi connectivity index (χ2n) is 6.23. The molecule has 5 heteroatoms. The lowest BCUT2D eigenvalue weighted by molar-refractivity contribution is -0.0389. The first kappa shape index (κ1) is 15.6. The number of hydrogen-bond acceptors (Lipinski definition) is 3. The maximum Gasteiger partial charge on any atom is 0.339 e. The third-order valence-corrected chi connectivity index (χ3v) is 5.53. The van der Waals surface area contributed by atoms with E-state index in [9.17, 15) is 9.59 Å². The Hall–Kier alpha value is -1.89. The Morgan fingerprint density at radius 2 is 1.83 bits per heavy atom. The lowest BCUT2D eigenvalue weighted by Crippen LogP contribution is -2.45. The molecule has 4 rings (SSSR count). The number of nitrogens with zero attached hydrogens (tertiary/aromatic N) is 1. The molecule has 122 valence electrons. The molecule has 2 aromatic carbocycles. The summed E-state index contributed by atoms with van der Waals surface area (Å²) >= 11 is 2.21. The van der Waals surface area contributed by atoms with Crippen LogP contribution in [0.1, 0.15) is 39.1 Å². The maximum absolute atomic E-state index is 12.7. The zero-order chi connectivity index (χ0) is 16.7. The Labute approximate surface area is 153 Å². The number of hydrogen-bond donors (Lipinski definition) is 0. The Bertz CT molecular complexity index is 825. The lowest BCUT2D eigenvalue weighted by Gasteiger charge is -2.38. The molecule has 2 heterocycles. The molecule has 2 aliphatic heterocycles. The van der Waals surface area contributed by atoms with Crippen LogP contribution < -0.4 is 0 Å². The standard InChI is InChI=1S/C19H16INO3/c20-14-5-3-4-13(12-14)17(22)21-10-8-19(9-11-21)16-7-2-1-6-15(16)18(23)24-19/h1-7,12H,8-11H2. The van der Waals surface area contributed by atoms with Gasteiger partial charge in [-0.3, -0.25) is 4.79 Å². The molecule has 4 nitrogen and oxygen atoms in total. The molecule has 2 aromatic rings. The van der Waals surface area contributed by atoms with Gasteiger partial charge >= 0.3 is 5.97 Å². The predicted octanol–water partition coefficient (Wildman–Crippen LogP) is 3.59. The number of rotatable bonds is 1. The summed E-state index contributed by atoms with van der Waals surface area (Å²) < 4.78 is 6.78. The number of benzene rings is 2. The Balaban J connectivity index is 1.54. The van der Waals surface area contributed by atoms with E-state index in [1.54, 1.807) is 0 Å². The fourth-order valence-corrected chi connectivity index (χ4v) is 4.14. The molecule has 0 aromatic heterocycles. The van der Waals surface area contributed by atoms with Crippen LogP contribution in [-0.4, -0.2) is 29.9 Å². The van der Waals surface area contributed by atoms with Gasteiger partial charge in [0.25, 0.3) is 5.91 Å². The highest BCUT2D eigenvalue weighted by Gasteiger charge is 2.47. The van der Waals surface area contributed by atoms with Gasteiger partial charge in [0.1, 0.15) is 5.60 Å². The van der Waals surface area contributed by atoms with Crippen molar-refractivity contribution in [3.8, 4) is 0 Å². The fraction of sp³-hybridized carbons (Fsp3) is 0.263. The van der Waals surface area contributed by atoms with E-state index >= 15 is 0 Å². The summed E-state index contributed by atoms with van der Waals surface area (Å²) in [5.74, 6) is -0.205. The summed E-state index contributed by atoms with van der Waals surface area (Å²) in [6.45, 7) is 1.18. The molecule has 2 aliphatic rings. The molecule has 0 aliphatic carbocycles. The molecular formula is C19H16INO3. The van der Waals surface area contributed by atoms with Gasteiger partial charge in [-0.25, -0.2) is 4.79 Å². The predicted molar refractivity (Wildman–Crippen MR) is 97.8 cm³/mol. The van der Waals surface area contributed by atoms with Crippen LogP contribution in [0.15, 0.2) is 48.5 Å². The second kappa shape index (κ2) is 5.88. The van der Waals surface area contributed by atoms with Gasteiger partial charge < -0.3 is 9.64 Å². The van der Waals surface area contributed by atoms with Crippen molar-refractivity contribution in [2.75, 3.05) is 13.1 Å². The van der Waals surface area contributed by atoms with E-state index in [1.807, 2.05) is 53.4 Å². The van der Waals surface area contributed by atoms with Crippen molar-refractivity contribution in [1.29, 1.82) is 0 Å². The third-order valence-electron chi connectivity index (χ3n) is 4.86. The average Bonchev–Trinajstić information content (AvgIpc) is 2.88. The van der Waals surface area contributed by atoms with Crippen LogP contribution in [0.3, 0.4) is 0 Å². The van der Waals surface area contributed by atoms with E-state index in [-0.39, 0.29) is 11.9 Å². The number of piperidine rings is 1. The van der Waals surface area contributed by atoms with Gasteiger partial charge in [0.2, 0.25) is 0 Å². The SMILES string of the molecule is O=C1OC2(CCN(C(=O)c3cccc(I)c3)CC2)c2ccccc21. The molecule has 0 atom stereocenters. The number of ether oxygens (including phenoxy) is 1. The van der Waals surface area contributed by atoms with Gasteiger partial charge in [0, 0.05) is 40.6 Å². The summed E-state index contributed by atoms with van der Waals surface area (Å²) in [5, 5.41) is 0. The number of likely N-dealkylation sites (tertiary alicyclic amines) is 1. The number of fused-ring (bicyclic) bond motifs is 2. The minimum Gasteiger partial charge on any atom is -0.450 e. The van der Waals surface area contributed by atoms with E-state index in [1.165, 1.54) is 0 Å². The van der Waals surface area contributed by atoms with Crippen LogP contribution in [0.4, 0.5) is 0 Å². The van der Waals surface area contributed by atoms with Gasteiger partial charge in [-0.2, -0.15) is 0 Å². The first-order chi connectivity index (χ1) is 11.6. The zero-order valence-electron chi connectivity index (χ0n) is 13.0. The number of carbonyl (C=O) groups is 2. The molecule has 1 saturated heterocycles. The highest BCUT2D eigenvalue weighted by Crippen LogP contribution is 2.44. The van der Waals surface area contributed by atoms with Crippen molar-refractivity contribution >= 4 is 34.5 Å². The summed E-state index contributed by atoms with van der Waals surface area (Å²) in [7, 11) is 0. The number of amides is 1. The minimum absolute atomic E-state index is 0.0426. The highest BCUT2D eigenvalue weighted by molar-refractivity contribution is 14.1. The molecule has 1 spiro atoms. The van der Waals surface area contributed by atoms with Crippen molar-refractivity contribution < 1.29 is 14.3 Å². The van der Waals surface area contributed by atoms with Crippen LogP contribution in [0.25, 0.3) is 0 Å². The summed E-state index contributed by atoms with van der Waals surface area (Å²) in [6.07, 6.45) is 1.29. The van der Waals surface area contributed by atoms with Crippen LogP contribution in [0.2, 0.25) is 0 Å². The van der Waals surface area contributed by atoms with Gasteiger partial charge in [0.15, 0.2) is 0 Å². The van der Waals surface area contributed by atoms with E-state index in [4.69, 9.17) is 4.74 Å². The first-order valence-electron chi connectivity index (χ1n) is 7.97. The number of halogens is 1. The molecule has 1 amide bonds. The normalized spacial score (nSPS) is 18.4. The zero-order valence-corrected chi connectivity index (χ0v) is 15.2. The van der Waals surface area contributed by atoms with Crippen LogP contribution in [-0.2, 0) is 10.3 Å². The maximum atomic E-state index is 12.7. The van der Waals surface area contributed by atoms with E-state index < -0.39 is 5.60 Å². The van der Waals surface area contributed by atoms with Crippen molar-refractivity contribution in [2.45, 2.75) is 18.4 Å². The monoisotopic (exact) mass is 433 g/mol. The van der Waals surface area contributed by atoms with Crippen LogP contribution in [0.5, 0.6) is 0 Å². The molecule has 0 radical (unpaired) electrons. The largest absolute Gasteiger partial charge is 0.450 e.